The summed E-state index contributed by atoms with van der Waals surface area (Å²) < 4.78 is 101. The maximum atomic E-state index is 15.8. The fourth-order valence-electron chi connectivity index (χ4n) is 5.21. The van der Waals surface area contributed by atoms with E-state index in [-0.39, 0.29) is 49.0 Å². The number of ether oxygens (including phenoxy) is 3. The van der Waals surface area contributed by atoms with E-state index < -0.39 is 27.9 Å². The van der Waals surface area contributed by atoms with Gasteiger partial charge in [-0.2, -0.15) is 13.2 Å². The Morgan fingerprint density at radius 1 is 0.957 bits per heavy atom. The molecule has 1 aromatic heterocycles. The van der Waals surface area contributed by atoms with E-state index in [1.54, 1.807) is 30.5 Å². The molecule has 3 aromatic carbocycles. The van der Waals surface area contributed by atoms with E-state index in [0.29, 0.717) is 39.5 Å². The van der Waals surface area contributed by atoms with Crippen molar-refractivity contribution in [1.82, 2.24) is 9.88 Å². The minimum Gasteiger partial charge on any atom is -0.497 e. The summed E-state index contributed by atoms with van der Waals surface area (Å²) in [5.74, 6) is -1.87. The molecule has 1 amide bonds. The lowest BCUT2D eigenvalue weighted by Crippen LogP contribution is -2.43. The Morgan fingerprint density at radius 3 is 2.43 bits per heavy atom. The highest BCUT2D eigenvalue weighted by molar-refractivity contribution is 7.92. The van der Waals surface area contributed by atoms with Crippen LogP contribution in [0.1, 0.15) is 22.4 Å². The number of carbonyl (C=O) groups is 1. The van der Waals surface area contributed by atoms with Crippen molar-refractivity contribution in [1.29, 1.82) is 0 Å². The zero-order valence-corrected chi connectivity index (χ0v) is 26.3. The van der Waals surface area contributed by atoms with Gasteiger partial charge in [-0.3, -0.25) is 14.1 Å². The molecule has 0 radical (unpaired) electrons. The Hall–Kier alpha value is -4.85. The number of hydrogen-bond donors (Lipinski definition) is 0. The molecule has 0 N–H and O–H groups in total. The van der Waals surface area contributed by atoms with Crippen molar-refractivity contribution in [2.75, 3.05) is 31.7 Å². The molecule has 1 aliphatic heterocycles. The molecule has 0 saturated carbocycles. The number of anilines is 1. The Balaban J connectivity index is 1.47. The summed E-state index contributed by atoms with van der Waals surface area (Å²) >= 11 is 0. The van der Waals surface area contributed by atoms with Crippen LogP contribution in [0.5, 0.6) is 17.2 Å². The number of benzene rings is 3. The fraction of sp³-hybridized carbons (Fsp3) is 0.273. The van der Waals surface area contributed by atoms with Gasteiger partial charge < -0.3 is 19.1 Å². The SMILES string of the molecule is COc1ccc(CN(c2ccc(OCCc3ccccn3)cc2F)S(=O)(=O)c2ccc3c(c2)CCN(C(=O)C(F)(F)F)C3)c(OC)c1. The van der Waals surface area contributed by atoms with Crippen LogP contribution in [0, 0.1) is 5.82 Å². The summed E-state index contributed by atoms with van der Waals surface area (Å²) in [7, 11) is -1.60. The molecule has 0 unspecified atom stereocenters. The van der Waals surface area contributed by atoms with E-state index in [4.69, 9.17) is 14.2 Å². The predicted octanol–water partition coefficient (Wildman–Crippen LogP) is 5.70. The van der Waals surface area contributed by atoms with Crippen LogP contribution in [-0.4, -0.2) is 57.8 Å². The molecule has 0 spiro atoms. The van der Waals surface area contributed by atoms with Crippen molar-refractivity contribution < 1.29 is 45.0 Å². The van der Waals surface area contributed by atoms with Gasteiger partial charge in [0.2, 0.25) is 0 Å². The van der Waals surface area contributed by atoms with Gasteiger partial charge in [-0.25, -0.2) is 12.8 Å². The third-order valence-corrected chi connectivity index (χ3v) is 9.41. The molecular weight excluding hydrogens is 642 g/mol. The van der Waals surface area contributed by atoms with Gasteiger partial charge in [0, 0.05) is 49.1 Å². The number of sulfonamides is 1. The molecule has 248 valence electrons. The van der Waals surface area contributed by atoms with Crippen LogP contribution in [-0.2, 0) is 40.7 Å². The second-order valence-electron chi connectivity index (χ2n) is 10.6. The van der Waals surface area contributed by atoms with Gasteiger partial charge in [-0.05, 0) is 66.1 Å². The molecule has 5 rings (SSSR count). The molecule has 0 fully saturated rings. The maximum absolute atomic E-state index is 15.8. The van der Waals surface area contributed by atoms with Crippen LogP contribution in [0.3, 0.4) is 0 Å². The zero-order chi connectivity index (χ0) is 33.8. The lowest BCUT2D eigenvalue weighted by molar-refractivity contribution is -0.186. The zero-order valence-electron chi connectivity index (χ0n) is 25.5. The highest BCUT2D eigenvalue weighted by Crippen LogP contribution is 2.35. The first kappa shape index (κ1) is 33.5. The molecule has 0 aliphatic carbocycles. The fourth-order valence-corrected chi connectivity index (χ4v) is 6.71. The number of carbonyl (C=O) groups excluding carboxylic acids is 1. The number of aromatic nitrogens is 1. The smallest absolute Gasteiger partial charge is 0.471 e. The summed E-state index contributed by atoms with van der Waals surface area (Å²) in [4.78, 5) is 16.5. The summed E-state index contributed by atoms with van der Waals surface area (Å²) in [6.07, 6.45) is -2.88. The number of fused-ring (bicyclic) bond motifs is 1. The Labute approximate surface area is 269 Å². The van der Waals surface area contributed by atoms with Crippen molar-refractivity contribution in [3.05, 3.63) is 107 Å². The standard InChI is InChI=1S/C33H31F4N3O6S/c1-44-26-8-6-24(31(19-26)45-2)21-40(30-11-9-27(18-29(30)34)46-16-13-25-5-3-4-14-38-25)47(42,43)28-10-7-23-20-39(15-12-22(23)17-28)32(41)33(35,36)37/h3-11,14,17-19H,12-13,15-16,20-21H2,1-2H3. The lowest BCUT2D eigenvalue weighted by Gasteiger charge is -2.30. The van der Waals surface area contributed by atoms with E-state index in [1.165, 1.54) is 44.6 Å². The number of amides is 1. The number of nitrogens with zero attached hydrogens (tertiary/aromatic N) is 3. The Kier molecular flexibility index (Phi) is 9.89. The summed E-state index contributed by atoms with van der Waals surface area (Å²) in [5.41, 5.74) is 1.79. The minimum atomic E-state index is -5.02. The quantitative estimate of drug-likeness (QED) is 0.189. The summed E-state index contributed by atoms with van der Waals surface area (Å²) in [6.45, 7) is -0.686. The molecular formula is C33H31F4N3O6S. The van der Waals surface area contributed by atoms with Gasteiger partial charge in [0.1, 0.15) is 17.2 Å². The third kappa shape index (κ3) is 7.59. The van der Waals surface area contributed by atoms with Crippen LogP contribution in [0.25, 0.3) is 0 Å². The number of rotatable bonds is 11. The van der Waals surface area contributed by atoms with Crippen molar-refractivity contribution in [2.24, 2.45) is 0 Å². The first-order chi connectivity index (χ1) is 22.4. The third-order valence-electron chi connectivity index (χ3n) is 7.66. The molecule has 9 nitrogen and oxygen atoms in total. The van der Waals surface area contributed by atoms with Crippen LogP contribution in [0.15, 0.2) is 83.9 Å². The van der Waals surface area contributed by atoms with Crippen LogP contribution in [0.4, 0.5) is 23.2 Å². The first-order valence-corrected chi connectivity index (χ1v) is 15.9. The number of pyridine rings is 1. The van der Waals surface area contributed by atoms with Gasteiger partial charge >= 0.3 is 12.1 Å². The lowest BCUT2D eigenvalue weighted by atomic mass is 10.00. The van der Waals surface area contributed by atoms with Gasteiger partial charge in [0.15, 0.2) is 5.82 Å². The largest absolute Gasteiger partial charge is 0.497 e. The number of halogens is 4. The van der Waals surface area contributed by atoms with E-state index in [0.717, 1.165) is 16.1 Å². The topological polar surface area (TPSA) is 98.3 Å². The van der Waals surface area contributed by atoms with Crippen LogP contribution >= 0.6 is 0 Å². The van der Waals surface area contributed by atoms with Crippen molar-refractivity contribution in [3.8, 4) is 17.2 Å². The average molecular weight is 674 g/mol. The monoisotopic (exact) mass is 673 g/mol. The summed E-state index contributed by atoms with van der Waals surface area (Å²) in [6, 6.07) is 18.1. The van der Waals surface area contributed by atoms with Gasteiger partial charge in [0.25, 0.3) is 10.0 Å². The van der Waals surface area contributed by atoms with Gasteiger partial charge in [0.05, 0.1) is 38.0 Å². The molecule has 0 atom stereocenters. The normalized spacial score (nSPS) is 13.1. The van der Waals surface area contributed by atoms with E-state index in [1.807, 2.05) is 12.1 Å². The van der Waals surface area contributed by atoms with Crippen molar-refractivity contribution in [3.63, 3.8) is 0 Å². The number of hydrogen-bond acceptors (Lipinski definition) is 7. The molecule has 2 heterocycles. The number of methoxy groups -OCH3 is 2. The highest BCUT2D eigenvalue weighted by atomic mass is 32.2. The Bertz CT molecular complexity index is 1860. The molecule has 1 aliphatic rings. The van der Waals surface area contributed by atoms with Crippen LogP contribution < -0.4 is 18.5 Å². The van der Waals surface area contributed by atoms with Crippen molar-refractivity contribution in [2.45, 2.75) is 37.0 Å². The number of alkyl halides is 3. The van der Waals surface area contributed by atoms with E-state index in [9.17, 15) is 26.4 Å². The van der Waals surface area contributed by atoms with E-state index >= 15 is 4.39 Å². The second-order valence-corrected chi connectivity index (χ2v) is 12.5. The second kappa shape index (κ2) is 13.9. The molecule has 47 heavy (non-hydrogen) atoms. The Morgan fingerprint density at radius 2 is 1.74 bits per heavy atom. The van der Waals surface area contributed by atoms with Gasteiger partial charge in [-0.1, -0.05) is 12.1 Å². The maximum Gasteiger partial charge on any atom is 0.471 e. The summed E-state index contributed by atoms with van der Waals surface area (Å²) in [5, 5.41) is 0. The molecule has 14 heteroatoms. The predicted molar refractivity (Wildman–Crippen MR) is 164 cm³/mol. The van der Waals surface area contributed by atoms with Gasteiger partial charge in [-0.15, -0.1) is 0 Å². The molecule has 0 bridgehead atoms. The molecule has 4 aromatic rings. The highest BCUT2D eigenvalue weighted by Gasteiger charge is 2.43. The molecule has 0 saturated heterocycles. The first-order valence-electron chi connectivity index (χ1n) is 14.4. The average Bonchev–Trinajstić information content (AvgIpc) is 3.06. The van der Waals surface area contributed by atoms with E-state index in [2.05, 4.69) is 4.98 Å². The van der Waals surface area contributed by atoms with Crippen LogP contribution in [0.2, 0.25) is 0 Å². The minimum absolute atomic E-state index is 0.00567. The van der Waals surface area contributed by atoms with Crippen molar-refractivity contribution >= 4 is 21.6 Å².